The van der Waals surface area contributed by atoms with E-state index in [9.17, 15) is 10.1 Å². The predicted octanol–water partition coefficient (Wildman–Crippen LogP) is 2.58. The standard InChI is InChI=1S/C17H16N6O2/c1-12-7-8-18-17(15(12)23(24)25)21-9-10-22-14(11-21)19-20-16(22)13-5-3-2-4-6-13/h2-8H,9-11H2,1H3. The minimum Gasteiger partial charge on any atom is -0.342 e. The SMILES string of the molecule is Cc1ccnc(N2CCn3c(nnc3-c3ccccc3)C2)c1[N+](=O)[O-]. The molecule has 3 aromatic rings. The molecule has 3 heterocycles. The van der Waals surface area contributed by atoms with E-state index in [4.69, 9.17) is 0 Å². The number of hydrogen-bond donors (Lipinski definition) is 0. The topological polar surface area (TPSA) is 90.0 Å². The smallest absolute Gasteiger partial charge is 0.314 e. The molecule has 0 saturated heterocycles. The van der Waals surface area contributed by atoms with E-state index in [2.05, 4.69) is 19.7 Å². The van der Waals surface area contributed by atoms with Crippen molar-refractivity contribution in [3.05, 3.63) is 64.1 Å². The van der Waals surface area contributed by atoms with Crippen molar-refractivity contribution in [3.8, 4) is 11.4 Å². The fourth-order valence-electron chi connectivity index (χ4n) is 3.13. The molecular formula is C17H16N6O2. The van der Waals surface area contributed by atoms with Gasteiger partial charge in [0.2, 0.25) is 5.82 Å². The molecule has 0 unspecified atom stereocenters. The Morgan fingerprint density at radius 1 is 1.12 bits per heavy atom. The van der Waals surface area contributed by atoms with E-state index in [0.717, 1.165) is 17.2 Å². The summed E-state index contributed by atoms with van der Waals surface area (Å²) in [5.74, 6) is 1.99. The zero-order chi connectivity index (χ0) is 17.4. The highest BCUT2D eigenvalue weighted by Gasteiger charge is 2.28. The van der Waals surface area contributed by atoms with Crippen LogP contribution in [-0.2, 0) is 13.1 Å². The van der Waals surface area contributed by atoms with Crippen LogP contribution < -0.4 is 4.90 Å². The molecule has 8 nitrogen and oxygen atoms in total. The van der Waals surface area contributed by atoms with Gasteiger partial charge >= 0.3 is 5.69 Å². The van der Waals surface area contributed by atoms with E-state index in [1.807, 2.05) is 35.2 Å². The summed E-state index contributed by atoms with van der Waals surface area (Å²) in [7, 11) is 0. The number of aromatic nitrogens is 4. The molecule has 126 valence electrons. The Morgan fingerprint density at radius 3 is 2.68 bits per heavy atom. The average Bonchev–Trinajstić information content (AvgIpc) is 3.05. The Hall–Kier alpha value is -3.29. The van der Waals surface area contributed by atoms with E-state index in [1.54, 1.807) is 19.2 Å². The Kier molecular flexibility index (Phi) is 3.64. The van der Waals surface area contributed by atoms with E-state index >= 15 is 0 Å². The van der Waals surface area contributed by atoms with E-state index < -0.39 is 0 Å². The summed E-state index contributed by atoms with van der Waals surface area (Å²) < 4.78 is 2.06. The second-order valence-corrected chi connectivity index (χ2v) is 5.94. The van der Waals surface area contributed by atoms with Gasteiger partial charge in [0, 0.05) is 30.4 Å². The first kappa shape index (κ1) is 15.3. The van der Waals surface area contributed by atoms with Crippen LogP contribution in [0.15, 0.2) is 42.6 Å². The summed E-state index contributed by atoms with van der Waals surface area (Å²) in [5, 5.41) is 20.0. The number of pyridine rings is 1. The Balaban J connectivity index is 1.69. The van der Waals surface area contributed by atoms with Gasteiger partial charge in [0.15, 0.2) is 11.6 Å². The molecule has 4 rings (SSSR count). The minimum atomic E-state index is -0.369. The van der Waals surface area contributed by atoms with Gasteiger partial charge in [0.25, 0.3) is 0 Å². The van der Waals surface area contributed by atoms with Crippen molar-refractivity contribution in [2.45, 2.75) is 20.0 Å². The zero-order valence-corrected chi connectivity index (χ0v) is 13.7. The van der Waals surface area contributed by atoms with Gasteiger partial charge in [0.1, 0.15) is 0 Å². The van der Waals surface area contributed by atoms with Crippen molar-refractivity contribution in [2.75, 3.05) is 11.4 Å². The van der Waals surface area contributed by atoms with Gasteiger partial charge < -0.3 is 9.47 Å². The highest BCUT2D eigenvalue weighted by Crippen LogP contribution is 2.31. The summed E-state index contributed by atoms with van der Waals surface area (Å²) >= 11 is 0. The van der Waals surface area contributed by atoms with Crippen LogP contribution >= 0.6 is 0 Å². The van der Waals surface area contributed by atoms with Gasteiger partial charge in [-0.05, 0) is 13.0 Å². The average molecular weight is 336 g/mol. The summed E-state index contributed by atoms with van der Waals surface area (Å²) in [6.45, 7) is 3.43. The first-order valence-electron chi connectivity index (χ1n) is 7.97. The summed E-state index contributed by atoms with van der Waals surface area (Å²) in [4.78, 5) is 17.2. The molecule has 0 radical (unpaired) electrons. The van der Waals surface area contributed by atoms with Crippen LogP contribution in [0.3, 0.4) is 0 Å². The van der Waals surface area contributed by atoms with Crippen molar-refractivity contribution >= 4 is 11.5 Å². The van der Waals surface area contributed by atoms with Gasteiger partial charge in [-0.3, -0.25) is 10.1 Å². The summed E-state index contributed by atoms with van der Waals surface area (Å²) in [5.41, 5.74) is 1.67. The number of nitrogens with zero attached hydrogens (tertiary/aromatic N) is 6. The molecule has 0 aliphatic carbocycles. The van der Waals surface area contributed by atoms with Crippen LogP contribution in [0, 0.1) is 17.0 Å². The highest BCUT2D eigenvalue weighted by atomic mass is 16.6. The van der Waals surface area contributed by atoms with Crippen molar-refractivity contribution in [1.82, 2.24) is 19.7 Å². The lowest BCUT2D eigenvalue weighted by molar-refractivity contribution is -0.384. The molecule has 25 heavy (non-hydrogen) atoms. The number of rotatable bonds is 3. The first-order valence-corrected chi connectivity index (χ1v) is 7.97. The molecule has 0 saturated carbocycles. The van der Waals surface area contributed by atoms with Crippen LogP contribution in [0.5, 0.6) is 0 Å². The van der Waals surface area contributed by atoms with Crippen molar-refractivity contribution < 1.29 is 4.92 Å². The second-order valence-electron chi connectivity index (χ2n) is 5.94. The van der Waals surface area contributed by atoms with Crippen LogP contribution in [0.2, 0.25) is 0 Å². The lowest BCUT2D eigenvalue weighted by atomic mass is 10.2. The van der Waals surface area contributed by atoms with Crippen LogP contribution in [0.4, 0.5) is 11.5 Å². The lowest BCUT2D eigenvalue weighted by Gasteiger charge is -2.28. The van der Waals surface area contributed by atoms with E-state index in [1.165, 1.54) is 0 Å². The molecule has 1 aromatic carbocycles. The van der Waals surface area contributed by atoms with Crippen molar-refractivity contribution in [2.24, 2.45) is 0 Å². The third-order valence-electron chi connectivity index (χ3n) is 4.37. The number of hydrogen-bond acceptors (Lipinski definition) is 6. The predicted molar refractivity (Wildman–Crippen MR) is 92.1 cm³/mol. The molecular weight excluding hydrogens is 320 g/mol. The molecule has 0 spiro atoms. The molecule has 0 fully saturated rings. The first-order chi connectivity index (χ1) is 12.1. The third kappa shape index (κ3) is 2.61. The van der Waals surface area contributed by atoms with Crippen LogP contribution in [0.25, 0.3) is 11.4 Å². The maximum Gasteiger partial charge on any atom is 0.314 e. The Labute approximate surface area is 143 Å². The number of fused-ring (bicyclic) bond motifs is 1. The van der Waals surface area contributed by atoms with Gasteiger partial charge in [-0.15, -0.1) is 10.2 Å². The zero-order valence-electron chi connectivity index (χ0n) is 13.7. The number of aryl methyl sites for hydroxylation is 1. The molecule has 0 amide bonds. The number of nitro groups is 1. The van der Waals surface area contributed by atoms with Crippen molar-refractivity contribution in [3.63, 3.8) is 0 Å². The summed E-state index contributed by atoms with van der Waals surface area (Å²) in [6.07, 6.45) is 1.60. The molecule has 8 heteroatoms. The van der Waals surface area contributed by atoms with Crippen LogP contribution in [-0.4, -0.2) is 31.2 Å². The maximum absolute atomic E-state index is 11.4. The molecule has 1 aliphatic rings. The molecule has 0 atom stereocenters. The quantitative estimate of drug-likeness (QED) is 0.539. The molecule has 0 bridgehead atoms. The number of benzene rings is 1. The normalized spacial score (nSPS) is 13.6. The van der Waals surface area contributed by atoms with Gasteiger partial charge in [-0.1, -0.05) is 30.3 Å². The van der Waals surface area contributed by atoms with Gasteiger partial charge in [0.05, 0.1) is 11.5 Å². The molecule has 1 aliphatic heterocycles. The molecule has 2 aromatic heterocycles. The lowest BCUT2D eigenvalue weighted by Crippen LogP contribution is -2.35. The Morgan fingerprint density at radius 2 is 1.92 bits per heavy atom. The summed E-state index contributed by atoms with van der Waals surface area (Å²) in [6, 6.07) is 11.5. The van der Waals surface area contributed by atoms with Crippen LogP contribution in [0.1, 0.15) is 11.4 Å². The largest absolute Gasteiger partial charge is 0.342 e. The van der Waals surface area contributed by atoms with Gasteiger partial charge in [-0.25, -0.2) is 4.98 Å². The Bertz CT molecular complexity index is 938. The third-order valence-corrected chi connectivity index (χ3v) is 4.37. The monoisotopic (exact) mass is 336 g/mol. The fourth-order valence-corrected chi connectivity index (χ4v) is 3.13. The minimum absolute atomic E-state index is 0.0544. The second kappa shape index (κ2) is 5.97. The number of anilines is 1. The van der Waals surface area contributed by atoms with E-state index in [0.29, 0.717) is 31.0 Å². The maximum atomic E-state index is 11.4. The highest BCUT2D eigenvalue weighted by molar-refractivity contribution is 5.62. The van der Waals surface area contributed by atoms with Gasteiger partial charge in [-0.2, -0.15) is 0 Å². The fraction of sp³-hybridized carbons (Fsp3) is 0.235. The molecule has 0 N–H and O–H groups in total. The van der Waals surface area contributed by atoms with Crippen molar-refractivity contribution in [1.29, 1.82) is 0 Å². The van der Waals surface area contributed by atoms with E-state index in [-0.39, 0.29) is 10.6 Å².